The Kier molecular flexibility index (Phi) is 12.3. The molecular formula is C45H46N4O6. The number of nitrogens with zero attached hydrogens (tertiary/aromatic N) is 3. The monoisotopic (exact) mass is 738 g/mol. The van der Waals surface area contributed by atoms with Gasteiger partial charge in [0, 0.05) is 47.4 Å². The molecule has 0 bridgehead atoms. The third kappa shape index (κ3) is 8.38. The standard InChI is InChI=1S/C27H28N2O3.C18H18N2O3/c1-5-29-23-17-25(32-4)24(31-3)16-21(23)26(19-12-7-6-8-13-19)28-22(27(29)30)15-20-14-10-9-11-18(20)2;1-3-23-16-10-14-13(9-15(16)22-2)18(19-11-17(21)20-14)12-7-5-4-6-8-12/h6-14,16-17,22H,5,15H2,1-4H3;4-10H,3,11H2,1-2H3,(H,20,21). The van der Waals surface area contributed by atoms with Crippen LogP contribution in [-0.2, 0) is 16.0 Å². The number of methoxy groups -OCH3 is 3. The van der Waals surface area contributed by atoms with E-state index in [0.717, 1.165) is 50.5 Å². The van der Waals surface area contributed by atoms with Crippen LogP contribution < -0.4 is 29.2 Å². The summed E-state index contributed by atoms with van der Waals surface area (Å²) in [6.45, 7) is 7.09. The topological polar surface area (TPSA) is 111 Å². The van der Waals surface area contributed by atoms with Crippen molar-refractivity contribution in [1.82, 2.24) is 0 Å². The summed E-state index contributed by atoms with van der Waals surface area (Å²) >= 11 is 0. The maximum atomic E-state index is 13.7. The molecule has 2 heterocycles. The fourth-order valence-corrected chi connectivity index (χ4v) is 6.75. The first-order chi connectivity index (χ1) is 26.8. The Labute approximate surface area is 322 Å². The van der Waals surface area contributed by atoms with E-state index >= 15 is 0 Å². The third-order valence-corrected chi connectivity index (χ3v) is 9.48. The Morgan fingerprint density at radius 2 is 1.29 bits per heavy atom. The number of hydrogen-bond acceptors (Lipinski definition) is 8. The molecule has 0 fully saturated rings. The van der Waals surface area contributed by atoms with Crippen molar-refractivity contribution in [3.05, 3.63) is 143 Å². The molecule has 55 heavy (non-hydrogen) atoms. The number of benzodiazepines with no additional fused rings is 2. The predicted molar refractivity (Wildman–Crippen MR) is 218 cm³/mol. The van der Waals surface area contributed by atoms with Crippen LogP contribution in [0.5, 0.6) is 23.0 Å². The fourth-order valence-electron chi connectivity index (χ4n) is 6.75. The van der Waals surface area contributed by atoms with E-state index in [4.69, 9.17) is 23.9 Å². The number of anilines is 2. The molecule has 2 amide bonds. The Morgan fingerprint density at radius 1 is 0.709 bits per heavy atom. The number of hydrogen-bond donors (Lipinski definition) is 1. The molecule has 0 saturated carbocycles. The molecule has 10 heteroatoms. The molecule has 2 aliphatic rings. The number of fused-ring (bicyclic) bond motifs is 2. The number of amides is 2. The highest BCUT2D eigenvalue weighted by atomic mass is 16.5. The quantitative estimate of drug-likeness (QED) is 0.157. The number of likely N-dealkylation sites (N-methyl/N-ethyl adjacent to an activating group) is 1. The van der Waals surface area contributed by atoms with E-state index in [9.17, 15) is 9.59 Å². The predicted octanol–water partition coefficient (Wildman–Crippen LogP) is 7.71. The third-order valence-electron chi connectivity index (χ3n) is 9.48. The molecule has 5 aromatic rings. The molecule has 1 unspecified atom stereocenters. The van der Waals surface area contributed by atoms with Crippen LogP contribution in [0.25, 0.3) is 0 Å². The molecule has 282 valence electrons. The summed E-state index contributed by atoms with van der Waals surface area (Å²) in [5.74, 6) is 2.24. The maximum Gasteiger partial charge on any atom is 0.252 e. The Bertz CT molecular complexity index is 2220. The second-order valence-electron chi connectivity index (χ2n) is 12.9. The van der Waals surface area contributed by atoms with E-state index in [2.05, 4.69) is 29.4 Å². The molecule has 5 aromatic carbocycles. The van der Waals surface area contributed by atoms with Crippen LogP contribution in [0, 0.1) is 6.92 Å². The van der Waals surface area contributed by atoms with Crippen molar-refractivity contribution < 1.29 is 28.5 Å². The van der Waals surface area contributed by atoms with Gasteiger partial charge in [0.1, 0.15) is 12.6 Å². The number of rotatable bonds is 10. The Balaban J connectivity index is 0.000000197. The van der Waals surface area contributed by atoms with Crippen molar-refractivity contribution in [2.24, 2.45) is 9.98 Å². The van der Waals surface area contributed by atoms with Crippen LogP contribution >= 0.6 is 0 Å². The molecular weight excluding hydrogens is 693 g/mol. The van der Waals surface area contributed by atoms with Gasteiger partial charge in [0.25, 0.3) is 5.91 Å². The highest BCUT2D eigenvalue weighted by molar-refractivity contribution is 6.21. The van der Waals surface area contributed by atoms with Crippen LogP contribution in [0.15, 0.2) is 119 Å². The summed E-state index contributed by atoms with van der Waals surface area (Å²) < 4.78 is 22.1. The molecule has 7 rings (SSSR count). The first kappa shape index (κ1) is 38.3. The van der Waals surface area contributed by atoms with E-state index in [-0.39, 0.29) is 18.4 Å². The van der Waals surface area contributed by atoms with Gasteiger partial charge in [0.15, 0.2) is 23.0 Å². The lowest BCUT2D eigenvalue weighted by Gasteiger charge is -2.25. The van der Waals surface area contributed by atoms with Crippen LogP contribution in [0.2, 0.25) is 0 Å². The lowest BCUT2D eigenvalue weighted by Crippen LogP contribution is -2.39. The number of carbonyl (C=O) groups is 2. The van der Waals surface area contributed by atoms with Gasteiger partial charge < -0.3 is 29.2 Å². The SMILES string of the molecule is CCN1C(=O)C(Cc2ccccc2C)N=C(c2ccccc2)c2cc(OC)c(OC)cc21.CCOc1cc2c(cc1OC)C(c1ccccc1)=NCC(=O)N2. The van der Waals surface area contributed by atoms with Gasteiger partial charge >= 0.3 is 0 Å². The lowest BCUT2D eigenvalue weighted by atomic mass is 9.99. The second-order valence-corrected chi connectivity index (χ2v) is 12.9. The normalized spacial score (nSPS) is 14.7. The minimum Gasteiger partial charge on any atom is -0.493 e. The van der Waals surface area contributed by atoms with Crippen molar-refractivity contribution in [2.75, 3.05) is 51.2 Å². The Morgan fingerprint density at radius 3 is 1.91 bits per heavy atom. The molecule has 10 nitrogen and oxygen atoms in total. The highest BCUT2D eigenvalue weighted by Gasteiger charge is 2.33. The molecule has 0 saturated heterocycles. The van der Waals surface area contributed by atoms with Gasteiger partial charge in [-0.3, -0.25) is 19.6 Å². The summed E-state index contributed by atoms with van der Waals surface area (Å²) in [5, 5.41) is 2.88. The summed E-state index contributed by atoms with van der Waals surface area (Å²) in [4.78, 5) is 37.0. The zero-order valence-corrected chi connectivity index (χ0v) is 32.1. The largest absolute Gasteiger partial charge is 0.493 e. The number of carbonyl (C=O) groups excluding carboxylic acids is 2. The Hall–Kier alpha value is -6.42. The number of aryl methyl sites for hydroxylation is 1. The highest BCUT2D eigenvalue weighted by Crippen LogP contribution is 2.39. The molecule has 0 spiro atoms. The zero-order valence-electron chi connectivity index (χ0n) is 32.1. The van der Waals surface area contributed by atoms with Gasteiger partial charge in [0.05, 0.1) is 50.7 Å². The van der Waals surface area contributed by atoms with E-state index in [0.29, 0.717) is 48.3 Å². The molecule has 0 aromatic heterocycles. The second kappa shape index (κ2) is 17.6. The first-order valence-electron chi connectivity index (χ1n) is 18.3. The number of benzene rings is 5. The maximum absolute atomic E-state index is 13.7. The van der Waals surface area contributed by atoms with Gasteiger partial charge in [-0.2, -0.15) is 0 Å². The summed E-state index contributed by atoms with van der Waals surface area (Å²) in [6, 6.07) is 34.9. The first-order valence-corrected chi connectivity index (χ1v) is 18.3. The average Bonchev–Trinajstić information content (AvgIpc) is 3.44. The van der Waals surface area contributed by atoms with Crippen molar-refractivity contribution in [2.45, 2.75) is 33.2 Å². The molecule has 0 radical (unpaired) electrons. The molecule has 0 aliphatic carbocycles. The van der Waals surface area contributed by atoms with Gasteiger partial charge in [0.2, 0.25) is 5.91 Å². The fraction of sp³-hybridized carbons (Fsp3) is 0.244. The average molecular weight is 739 g/mol. The van der Waals surface area contributed by atoms with Crippen molar-refractivity contribution >= 4 is 34.6 Å². The minimum absolute atomic E-state index is 0.0184. The van der Waals surface area contributed by atoms with Gasteiger partial charge in [-0.25, -0.2) is 0 Å². The van der Waals surface area contributed by atoms with E-state index in [1.165, 1.54) is 0 Å². The van der Waals surface area contributed by atoms with Gasteiger partial charge in [-0.05, 0) is 44.0 Å². The lowest BCUT2D eigenvalue weighted by molar-refractivity contribution is -0.119. The van der Waals surface area contributed by atoms with Gasteiger partial charge in [-0.1, -0.05) is 84.9 Å². The van der Waals surface area contributed by atoms with Crippen LogP contribution in [0.3, 0.4) is 0 Å². The van der Waals surface area contributed by atoms with Crippen molar-refractivity contribution in [1.29, 1.82) is 0 Å². The molecule has 1 atom stereocenters. The molecule has 2 aliphatic heterocycles. The van der Waals surface area contributed by atoms with Crippen molar-refractivity contribution in [3.8, 4) is 23.0 Å². The summed E-state index contributed by atoms with van der Waals surface area (Å²) in [5.41, 5.74) is 8.88. The van der Waals surface area contributed by atoms with Crippen molar-refractivity contribution in [3.63, 3.8) is 0 Å². The van der Waals surface area contributed by atoms with E-state index in [1.807, 2.05) is 105 Å². The molecule has 1 N–H and O–H groups in total. The summed E-state index contributed by atoms with van der Waals surface area (Å²) in [7, 11) is 4.81. The number of aliphatic imine (C=N–C) groups is 2. The minimum atomic E-state index is -0.532. The van der Waals surface area contributed by atoms with Crippen LogP contribution in [0.4, 0.5) is 11.4 Å². The van der Waals surface area contributed by atoms with Crippen LogP contribution in [-0.4, -0.2) is 70.3 Å². The van der Waals surface area contributed by atoms with Gasteiger partial charge in [-0.15, -0.1) is 0 Å². The smallest absolute Gasteiger partial charge is 0.252 e. The zero-order chi connectivity index (χ0) is 38.9. The van der Waals surface area contributed by atoms with Crippen LogP contribution in [0.1, 0.15) is 47.2 Å². The van der Waals surface area contributed by atoms with E-state index < -0.39 is 6.04 Å². The number of ether oxygens (including phenoxy) is 4. The summed E-state index contributed by atoms with van der Waals surface area (Å²) in [6.07, 6.45) is 0.542. The number of nitrogens with one attached hydrogen (secondary N) is 1. The van der Waals surface area contributed by atoms with E-state index in [1.54, 1.807) is 32.3 Å².